The summed E-state index contributed by atoms with van der Waals surface area (Å²) in [4.78, 5) is 27.6. The summed E-state index contributed by atoms with van der Waals surface area (Å²) < 4.78 is 53.9. The van der Waals surface area contributed by atoms with Crippen molar-refractivity contribution < 1.29 is 36.7 Å². The summed E-state index contributed by atoms with van der Waals surface area (Å²) in [5, 5.41) is 10.8. The molecule has 2 N–H and O–H groups in total. The van der Waals surface area contributed by atoms with Crippen LogP contribution in [0.15, 0.2) is 77.7 Å². The van der Waals surface area contributed by atoms with Crippen molar-refractivity contribution in [1.82, 2.24) is 5.32 Å². The fourth-order valence-corrected chi connectivity index (χ4v) is 3.80. The maximum atomic E-state index is 13.8. The van der Waals surface area contributed by atoms with Crippen LogP contribution in [-0.4, -0.2) is 31.9 Å². The number of hydrogen-bond acceptors (Lipinski definition) is 5. The molecule has 0 fully saturated rings. The van der Waals surface area contributed by atoms with Gasteiger partial charge in [0.25, 0.3) is 15.9 Å². The van der Waals surface area contributed by atoms with E-state index in [0.717, 1.165) is 36.4 Å². The smallest absolute Gasteiger partial charge is 0.322 e. The van der Waals surface area contributed by atoms with Crippen molar-refractivity contribution in [1.29, 1.82) is 0 Å². The molecule has 11 heteroatoms. The number of nitrogens with zero attached hydrogens (tertiary/aromatic N) is 1. The molecule has 3 aromatic carbocycles. The number of amides is 1. The van der Waals surface area contributed by atoms with Crippen LogP contribution in [0.5, 0.6) is 5.75 Å². The molecule has 0 spiro atoms. The van der Waals surface area contributed by atoms with Gasteiger partial charge in [-0.2, -0.15) is 8.42 Å². The highest BCUT2D eigenvalue weighted by molar-refractivity contribution is 7.92. The quantitative estimate of drug-likeness (QED) is 0.498. The Kier molecular flexibility index (Phi) is 6.69. The minimum Gasteiger partial charge on any atom is -0.480 e. The molecule has 0 radical (unpaired) electrons. The highest BCUT2D eigenvalue weighted by atomic mass is 32.2. The van der Waals surface area contributed by atoms with Gasteiger partial charge in [0, 0.05) is 11.6 Å². The molecule has 0 bridgehead atoms. The molecule has 3 aromatic rings. The van der Waals surface area contributed by atoms with Gasteiger partial charge in [0.05, 0.1) is 10.6 Å². The molecule has 32 heavy (non-hydrogen) atoms. The molecule has 0 saturated heterocycles. The average molecular weight is 462 g/mol. The lowest BCUT2D eigenvalue weighted by Crippen LogP contribution is -2.34. The minimum atomic E-state index is -4.42. The van der Waals surface area contributed by atoms with Crippen LogP contribution in [0.2, 0.25) is 0 Å². The number of anilines is 1. The van der Waals surface area contributed by atoms with Gasteiger partial charge in [-0.1, -0.05) is 10.5 Å². The first-order valence-corrected chi connectivity index (χ1v) is 10.5. The zero-order valence-corrected chi connectivity index (χ0v) is 17.1. The first-order valence-electron chi connectivity index (χ1n) is 9.01. The van der Waals surface area contributed by atoms with Crippen LogP contribution in [0, 0.1) is 11.6 Å². The van der Waals surface area contributed by atoms with Crippen LogP contribution >= 0.6 is 0 Å². The summed E-state index contributed by atoms with van der Waals surface area (Å²) in [6.45, 7) is -0.599. The SMILES string of the molecule is O=C(O)CNC(=O)c1ccc(S(=O)(=O)N(Oc2ccc(F)cc2)c2cccc(F)c2)cc1. The van der Waals surface area contributed by atoms with Gasteiger partial charge < -0.3 is 15.3 Å². The van der Waals surface area contributed by atoms with Crippen LogP contribution in [0.3, 0.4) is 0 Å². The number of halogens is 2. The lowest BCUT2D eigenvalue weighted by molar-refractivity contribution is -0.135. The number of aliphatic carboxylic acids is 1. The molecule has 1 amide bonds. The van der Waals surface area contributed by atoms with Crippen LogP contribution in [0.4, 0.5) is 14.5 Å². The third kappa shape index (κ3) is 5.38. The summed E-state index contributed by atoms with van der Waals surface area (Å²) in [5.41, 5.74) is -0.125. The fourth-order valence-electron chi connectivity index (χ4n) is 2.55. The van der Waals surface area contributed by atoms with E-state index < -0.39 is 40.1 Å². The van der Waals surface area contributed by atoms with Gasteiger partial charge in [-0.3, -0.25) is 9.59 Å². The highest BCUT2D eigenvalue weighted by Crippen LogP contribution is 2.27. The highest BCUT2D eigenvalue weighted by Gasteiger charge is 2.28. The number of rotatable bonds is 8. The van der Waals surface area contributed by atoms with Crippen LogP contribution in [0.1, 0.15) is 10.4 Å². The van der Waals surface area contributed by atoms with E-state index in [2.05, 4.69) is 5.32 Å². The Morgan fingerprint density at radius 2 is 1.59 bits per heavy atom. The second-order valence-corrected chi connectivity index (χ2v) is 8.11. The lowest BCUT2D eigenvalue weighted by Gasteiger charge is -2.24. The van der Waals surface area contributed by atoms with Gasteiger partial charge in [-0.05, 0) is 60.7 Å². The predicted octanol–water partition coefficient (Wildman–Crippen LogP) is 2.97. The molecule has 0 aliphatic carbocycles. The third-order valence-electron chi connectivity index (χ3n) is 4.05. The fraction of sp³-hybridized carbons (Fsp3) is 0.0476. The Labute approximate surface area is 181 Å². The van der Waals surface area contributed by atoms with Crippen molar-refractivity contribution >= 4 is 27.6 Å². The Hall–Kier alpha value is -3.99. The predicted molar refractivity (Wildman–Crippen MR) is 110 cm³/mol. The molecular formula is C21H16F2N2O6S. The van der Waals surface area contributed by atoms with E-state index in [-0.39, 0.29) is 21.9 Å². The van der Waals surface area contributed by atoms with E-state index in [1.165, 1.54) is 36.4 Å². The maximum absolute atomic E-state index is 13.8. The van der Waals surface area contributed by atoms with Gasteiger partial charge in [-0.25, -0.2) is 8.78 Å². The van der Waals surface area contributed by atoms with Crippen molar-refractivity contribution in [2.75, 3.05) is 11.0 Å². The number of nitrogens with one attached hydrogen (secondary N) is 1. The molecule has 0 heterocycles. The Morgan fingerprint density at radius 1 is 0.938 bits per heavy atom. The topological polar surface area (TPSA) is 113 Å². The second kappa shape index (κ2) is 9.43. The number of carbonyl (C=O) groups is 2. The monoisotopic (exact) mass is 462 g/mol. The average Bonchev–Trinajstić information content (AvgIpc) is 2.77. The third-order valence-corrected chi connectivity index (χ3v) is 5.64. The van der Waals surface area contributed by atoms with Crippen molar-refractivity contribution in [2.45, 2.75) is 4.90 Å². The van der Waals surface area contributed by atoms with Crippen molar-refractivity contribution in [2.24, 2.45) is 0 Å². The van der Waals surface area contributed by atoms with Crippen LogP contribution in [-0.2, 0) is 14.8 Å². The molecule has 166 valence electrons. The first kappa shape index (κ1) is 22.7. The summed E-state index contributed by atoms with van der Waals surface area (Å²) in [6.07, 6.45) is 0. The van der Waals surface area contributed by atoms with Crippen LogP contribution < -0.4 is 14.6 Å². The standard InChI is InChI=1S/C21H16F2N2O6S/c22-15-6-8-18(9-7-15)31-25(17-3-1-2-16(23)12-17)32(29,30)19-10-4-14(5-11-19)21(28)24-13-20(26)27/h1-12H,13H2,(H,24,28)(H,26,27). The zero-order valence-electron chi connectivity index (χ0n) is 16.2. The van der Waals surface area contributed by atoms with Crippen molar-refractivity contribution in [3.8, 4) is 5.75 Å². The van der Waals surface area contributed by atoms with Gasteiger partial charge in [0.2, 0.25) is 0 Å². The van der Waals surface area contributed by atoms with Crippen molar-refractivity contribution in [3.05, 3.63) is 90.0 Å². The Bertz CT molecular complexity index is 1230. The number of sulfonamides is 1. The van der Waals surface area contributed by atoms with Crippen LogP contribution in [0.25, 0.3) is 0 Å². The summed E-state index contributed by atoms with van der Waals surface area (Å²) in [5.74, 6) is -3.24. The lowest BCUT2D eigenvalue weighted by atomic mass is 10.2. The Morgan fingerprint density at radius 3 is 2.19 bits per heavy atom. The molecule has 3 rings (SSSR count). The first-order chi connectivity index (χ1) is 15.2. The number of benzene rings is 3. The second-order valence-electron chi connectivity index (χ2n) is 6.36. The van der Waals surface area contributed by atoms with E-state index in [1.807, 2.05) is 0 Å². The van der Waals surface area contributed by atoms with Crippen molar-refractivity contribution in [3.63, 3.8) is 0 Å². The molecule has 0 aliphatic rings. The number of carboxylic acid groups (broad SMARTS) is 1. The Balaban J connectivity index is 1.95. The normalized spacial score (nSPS) is 10.9. The van der Waals surface area contributed by atoms with Gasteiger partial charge in [-0.15, -0.1) is 0 Å². The number of carbonyl (C=O) groups excluding carboxylic acids is 1. The van der Waals surface area contributed by atoms with E-state index in [1.54, 1.807) is 0 Å². The van der Waals surface area contributed by atoms with E-state index >= 15 is 0 Å². The summed E-state index contributed by atoms with van der Waals surface area (Å²) in [7, 11) is -4.42. The van der Waals surface area contributed by atoms with E-state index in [4.69, 9.17) is 9.94 Å². The van der Waals surface area contributed by atoms with Gasteiger partial charge >= 0.3 is 5.97 Å². The van der Waals surface area contributed by atoms with E-state index in [9.17, 15) is 26.8 Å². The molecule has 0 aromatic heterocycles. The maximum Gasteiger partial charge on any atom is 0.322 e. The van der Waals surface area contributed by atoms with Gasteiger partial charge in [0.15, 0.2) is 5.75 Å². The summed E-state index contributed by atoms with van der Waals surface area (Å²) in [6, 6.07) is 13.8. The molecule has 0 saturated carbocycles. The molecule has 0 aliphatic heterocycles. The molecule has 0 unspecified atom stereocenters. The molecular weight excluding hydrogens is 446 g/mol. The van der Waals surface area contributed by atoms with Gasteiger partial charge in [0.1, 0.15) is 18.2 Å². The summed E-state index contributed by atoms with van der Waals surface area (Å²) >= 11 is 0. The molecule has 0 atom stereocenters. The zero-order chi connectivity index (χ0) is 23.3. The molecule has 8 nitrogen and oxygen atoms in total. The number of carboxylic acids is 1. The number of hydrogen-bond donors (Lipinski definition) is 2. The van der Waals surface area contributed by atoms with E-state index in [0.29, 0.717) is 4.47 Å². The minimum absolute atomic E-state index is 0.0242. The largest absolute Gasteiger partial charge is 0.480 e.